The first kappa shape index (κ1) is 21.8. The number of imidazole rings is 1. The van der Waals surface area contributed by atoms with E-state index >= 15 is 0 Å². The van der Waals surface area contributed by atoms with Crippen molar-refractivity contribution in [3.05, 3.63) is 17.7 Å². The van der Waals surface area contributed by atoms with E-state index in [4.69, 9.17) is 0 Å². The molecule has 2 aliphatic rings. The monoisotopic (exact) mass is 425 g/mol. The van der Waals surface area contributed by atoms with Crippen LogP contribution >= 0.6 is 0 Å². The van der Waals surface area contributed by atoms with Gasteiger partial charge in [-0.3, -0.25) is 9.59 Å². The van der Waals surface area contributed by atoms with Crippen molar-refractivity contribution < 1.29 is 18.0 Å². The minimum atomic E-state index is -3.51. The number of nitrogens with one attached hydrogen (secondary N) is 2. The van der Waals surface area contributed by atoms with Crippen molar-refractivity contribution in [1.82, 2.24) is 24.5 Å². The van der Waals surface area contributed by atoms with E-state index in [-0.39, 0.29) is 29.7 Å². The van der Waals surface area contributed by atoms with Crippen LogP contribution in [0.25, 0.3) is 0 Å². The quantitative estimate of drug-likeness (QED) is 0.655. The van der Waals surface area contributed by atoms with E-state index in [0.29, 0.717) is 18.8 Å². The summed E-state index contributed by atoms with van der Waals surface area (Å²) in [4.78, 5) is 31.7. The van der Waals surface area contributed by atoms with Gasteiger partial charge >= 0.3 is 0 Å². The first-order valence-corrected chi connectivity index (χ1v) is 12.1. The number of hydrogen-bond acceptors (Lipinski definition) is 5. The Labute approximate surface area is 172 Å². The number of carbonyl (C=O) groups excluding carboxylic acids is 2. The van der Waals surface area contributed by atoms with Gasteiger partial charge < -0.3 is 14.8 Å². The van der Waals surface area contributed by atoms with Gasteiger partial charge in [-0.2, -0.15) is 0 Å². The molecule has 0 bridgehead atoms. The van der Waals surface area contributed by atoms with Gasteiger partial charge in [0.25, 0.3) is 5.91 Å². The molecule has 1 aromatic heterocycles. The van der Waals surface area contributed by atoms with Gasteiger partial charge in [0.05, 0.1) is 12.3 Å². The van der Waals surface area contributed by atoms with E-state index in [1.54, 1.807) is 11.1 Å². The van der Waals surface area contributed by atoms with Crippen molar-refractivity contribution in [1.29, 1.82) is 0 Å². The fourth-order valence-electron chi connectivity index (χ4n) is 4.13. The maximum absolute atomic E-state index is 13.1. The summed E-state index contributed by atoms with van der Waals surface area (Å²) in [5.41, 5.74) is 0.405. The smallest absolute Gasteiger partial charge is 0.271 e. The second-order valence-corrected chi connectivity index (χ2v) is 10.3. The van der Waals surface area contributed by atoms with Gasteiger partial charge in [0.1, 0.15) is 17.6 Å². The first-order chi connectivity index (χ1) is 13.6. The van der Waals surface area contributed by atoms with Gasteiger partial charge in [-0.15, -0.1) is 0 Å². The summed E-state index contributed by atoms with van der Waals surface area (Å²) in [6, 6.07) is -0.992. The number of likely N-dealkylation sites (tertiary alicyclic amines) is 1. The number of rotatable bonds is 7. The molecule has 3 atom stereocenters. The highest BCUT2D eigenvalue weighted by Crippen LogP contribution is 2.25. The molecule has 0 saturated carbocycles. The Morgan fingerprint density at radius 1 is 1.31 bits per heavy atom. The van der Waals surface area contributed by atoms with Crippen molar-refractivity contribution >= 4 is 21.8 Å². The summed E-state index contributed by atoms with van der Waals surface area (Å²) in [7, 11) is -3.51. The number of nitrogens with zero attached hydrogens (tertiary/aromatic N) is 3. The molecule has 29 heavy (non-hydrogen) atoms. The lowest BCUT2D eigenvalue weighted by Crippen LogP contribution is -2.54. The van der Waals surface area contributed by atoms with Gasteiger partial charge in [-0.05, 0) is 24.7 Å². The van der Waals surface area contributed by atoms with E-state index in [1.807, 2.05) is 25.3 Å². The van der Waals surface area contributed by atoms with Crippen molar-refractivity contribution in [2.75, 3.05) is 19.3 Å². The van der Waals surface area contributed by atoms with Crippen molar-refractivity contribution in [2.24, 2.45) is 11.8 Å². The second kappa shape index (κ2) is 8.43. The van der Waals surface area contributed by atoms with Crippen molar-refractivity contribution in [3.63, 3.8) is 0 Å². The minimum absolute atomic E-state index is 0.177. The minimum Gasteiger partial charge on any atom is -0.349 e. The van der Waals surface area contributed by atoms with Crippen LogP contribution in [0.15, 0.2) is 6.20 Å². The highest BCUT2D eigenvalue weighted by atomic mass is 32.2. The molecule has 0 aromatic carbocycles. The lowest BCUT2D eigenvalue weighted by molar-refractivity contribution is -0.135. The van der Waals surface area contributed by atoms with Crippen LogP contribution in [-0.2, 0) is 27.8 Å². The van der Waals surface area contributed by atoms with Crippen molar-refractivity contribution in [2.45, 2.75) is 58.7 Å². The number of amides is 2. The molecular weight excluding hydrogens is 394 g/mol. The number of carbonyl (C=O) groups is 2. The van der Waals surface area contributed by atoms with Crippen LogP contribution in [0, 0.1) is 11.8 Å². The third-order valence-electron chi connectivity index (χ3n) is 5.80. The summed E-state index contributed by atoms with van der Waals surface area (Å²) in [6.07, 6.45) is 5.60. The Kier molecular flexibility index (Phi) is 6.33. The van der Waals surface area contributed by atoms with Gasteiger partial charge in [-0.1, -0.05) is 20.8 Å². The molecular formula is C19H31N5O4S. The van der Waals surface area contributed by atoms with Crippen molar-refractivity contribution in [3.8, 4) is 0 Å². The molecule has 162 valence electrons. The van der Waals surface area contributed by atoms with Gasteiger partial charge in [0, 0.05) is 32.3 Å². The molecule has 0 aliphatic carbocycles. The average molecular weight is 426 g/mol. The van der Waals surface area contributed by atoms with Crippen LogP contribution < -0.4 is 10.0 Å². The van der Waals surface area contributed by atoms with Gasteiger partial charge in [0.2, 0.25) is 15.9 Å². The highest BCUT2D eigenvalue weighted by molar-refractivity contribution is 7.88. The Morgan fingerprint density at radius 2 is 2.03 bits per heavy atom. The summed E-state index contributed by atoms with van der Waals surface area (Å²) >= 11 is 0. The largest absolute Gasteiger partial charge is 0.349 e. The van der Waals surface area contributed by atoms with Gasteiger partial charge in [-0.25, -0.2) is 18.1 Å². The molecule has 2 aliphatic heterocycles. The summed E-state index contributed by atoms with van der Waals surface area (Å²) in [6.45, 7) is 7.43. The summed E-state index contributed by atoms with van der Waals surface area (Å²) < 4.78 is 27.9. The first-order valence-electron chi connectivity index (χ1n) is 10.2. The topological polar surface area (TPSA) is 113 Å². The predicted molar refractivity (Wildman–Crippen MR) is 109 cm³/mol. The van der Waals surface area contributed by atoms with Gasteiger partial charge in [0.15, 0.2) is 0 Å². The number of hydrogen-bond donors (Lipinski definition) is 2. The molecule has 0 radical (unpaired) electrons. The van der Waals surface area contributed by atoms with Crippen LogP contribution in [-0.4, -0.2) is 66.1 Å². The molecule has 1 aromatic rings. The molecule has 9 nitrogen and oxygen atoms in total. The Hall–Kier alpha value is -1.94. The number of fused-ring (bicyclic) bond motifs is 1. The lowest BCUT2D eigenvalue weighted by Gasteiger charge is -2.32. The standard InChI is InChI=1S/C19H31N5O4S/c1-12(2)17(22-29(4,27)28)19(26)24-9-7-13(3)15(24)10-20-18(25)14-11-23-8-5-6-16(23)21-14/h11-13,15,17,22H,5-10H2,1-4H3,(H,20,25). The van der Waals surface area contributed by atoms with E-state index < -0.39 is 16.1 Å². The molecule has 10 heteroatoms. The zero-order chi connectivity index (χ0) is 21.3. The third-order valence-corrected chi connectivity index (χ3v) is 6.48. The average Bonchev–Trinajstić information content (AvgIpc) is 3.30. The zero-order valence-electron chi connectivity index (χ0n) is 17.5. The Morgan fingerprint density at radius 3 is 2.66 bits per heavy atom. The zero-order valence-corrected chi connectivity index (χ0v) is 18.3. The molecule has 3 heterocycles. The maximum Gasteiger partial charge on any atom is 0.271 e. The summed E-state index contributed by atoms with van der Waals surface area (Å²) in [5.74, 6) is 0.476. The van der Waals surface area contributed by atoms with Crippen LogP contribution in [0.2, 0.25) is 0 Å². The molecule has 3 rings (SSSR count). The Balaban J connectivity index is 1.66. The number of aryl methyl sites for hydroxylation is 2. The molecule has 3 unspecified atom stereocenters. The van der Waals surface area contributed by atoms with E-state index in [2.05, 4.69) is 15.0 Å². The highest BCUT2D eigenvalue weighted by Gasteiger charge is 2.39. The molecule has 1 fully saturated rings. The van der Waals surface area contributed by atoms with E-state index in [0.717, 1.165) is 37.9 Å². The fraction of sp³-hybridized carbons (Fsp3) is 0.737. The molecule has 0 spiro atoms. The fourth-order valence-corrected chi connectivity index (χ4v) is 4.96. The van der Waals surface area contributed by atoms with Crippen LogP contribution in [0.3, 0.4) is 0 Å². The maximum atomic E-state index is 13.1. The van der Waals surface area contributed by atoms with Crippen LogP contribution in [0.4, 0.5) is 0 Å². The number of sulfonamides is 1. The molecule has 2 amide bonds. The predicted octanol–water partition coefficient (Wildman–Crippen LogP) is 0.370. The van der Waals surface area contributed by atoms with E-state index in [1.165, 1.54) is 0 Å². The lowest BCUT2D eigenvalue weighted by atomic mass is 10.0. The third kappa shape index (κ3) is 4.98. The number of aromatic nitrogens is 2. The van der Waals surface area contributed by atoms with Crippen LogP contribution in [0.5, 0.6) is 0 Å². The van der Waals surface area contributed by atoms with E-state index in [9.17, 15) is 18.0 Å². The Bertz CT molecular complexity index is 858. The normalized spacial score (nSPS) is 22.7. The summed E-state index contributed by atoms with van der Waals surface area (Å²) in [5, 5.41) is 2.91. The molecule has 1 saturated heterocycles. The molecule has 2 N–H and O–H groups in total. The van der Waals surface area contributed by atoms with Crippen LogP contribution in [0.1, 0.15) is 49.9 Å². The second-order valence-electron chi connectivity index (χ2n) is 8.53. The SMILES string of the molecule is CC(C)C(NS(C)(=O)=O)C(=O)N1CCC(C)C1CNC(=O)c1cn2c(n1)CCC2.